The number of carbonyl (C=O) groups excluding carboxylic acids is 4. The molecule has 35 heavy (non-hydrogen) atoms. The van der Waals surface area contributed by atoms with Crippen LogP contribution in [-0.2, 0) is 33.4 Å². The van der Waals surface area contributed by atoms with Crippen molar-refractivity contribution in [2.75, 3.05) is 39.5 Å². The van der Waals surface area contributed by atoms with Crippen molar-refractivity contribution in [2.24, 2.45) is 11.5 Å². The number of ether oxygens (including phenoxy) is 3. The molecule has 6 atom stereocenters. The second-order valence-electron chi connectivity index (χ2n) is 9.20. The van der Waals surface area contributed by atoms with E-state index in [0.29, 0.717) is 19.4 Å². The van der Waals surface area contributed by atoms with Gasteiger partial charge in [-0.3, -0.25) is 19.2 Å². The summed E-state index contributed by atoms with van der Waals surface area (Å²) in [4.78, 5) is 51.1. The van der Waals surface area contributed by atoms with Crippen molar-refractivity contribution in [1.82, 2.24) is 15.1 Å². The average Bonchev–Trinajstić information content (AvgIpc) is 3.49. The highest BCUT2D eigenvalue weighted by Gasteiger charge is 2.34. The van der Waals surface area contributed by atoms with Crippen molar-refractivity contribution in [3.63, 3.8) is 0 Å². The third-order valence-corrected chi connectivity index (χ3v) is 6.65. The van der Waals surface area contributed by atoms with E-state index in [4.69, 9.17) is 25.7 Å². The highest BCUT2D eigenvalue weighted by atomic mass is 16.5. The molecule has 2 aliphatic heterocycles. The molecular weight excluding hydrogens is 458 g/mol. The molecule has 200 valence electrons. The van der Waals surface area contributed by atoms with Gasteiger partial charge in [0.2, 0.25) is 24.1 Å². The molecule has 0 aromatic carbocycles. The Kier molecular flexibility index (Phi) is 11.8. The molecule has 2 fully saturated rings. The average molecular weight is 500 g/mol. The largest absolute Gasteiger partial charge is 0.377 e. The third-order valence-electron chi connectivity index (χ3n) is 6.65. The fraction of sp³-hybridized carbons (Fsp3) is 0.826. The van der Waals surface area contributed by atoms with Gasteiger partial charge in [0.25, 0.3) is 0 Å². The van der Waals surface area contributed by atoms with Crippen molar-refractivity contribution >= 4 is 24.1 Å². The summed E-state index contributed by atoms with van der Waals surface area (Å²) in [6.07, 6.45) is 2.77. The number of nitrogens with one attached hydrogen (secondary N) is 1. The van der Waals surface area contributed by atoms with Gasteiger partial charge in [-0.1, -0.05) is 0 Å². The molecule has 0 radical (unpaired) electrons. The van der Waals surface area contributed by atoms with E-state index >= 15 is 0 Å². The van der Waals surface area contributed by atoms with Crippen molar-refractivity contribution in [3.8, 4) is 0 Å². The summed E-state index contributed by atoms with van der Waals surface area (Å²) >= 11 is 0. The summed E-state index contributed by atoms with van der Waals surface area (Å²) in [5.74, 6) is -1.24. The number of nitrogens with two attached hydrogens (primary N) is 2. The Morgan fingerprint density at radius 1 is 1.03 bits per heavy atom. The van der Waals surface area contributed by atoms with Crippen LogP contribution in [0.3, 0.4) is 0 Å². The van der Waals surface area contributed by atoms with Crippen LogP contribution in [0.2, 0.25) is 0 Å². The van der Waals surface area contributed by atoms with Crippen molar-refractivity contribution in [3.05, 3.63) is 0 Å². The number of likely N-dealkylation sites (tertiary alicyclic amines) is 2. The summed E-state index contributed by atoms with van der Waals surface area (Å²) in [5.41, 5.74) is 11.5. The van der Waals surface area contributed by atoms with E-state index in [1.807, 2.05) is 11.8 Å². The Bertz CT molecular complexity index is 724. The molecule has 12 nitrogen and oxygen atoms in total. The first kappa shape index (κ1) is 29.0. The lowest BCUT2D eigenvalue weighted by atomic mass is 10.1. The monoisotopic (exact) mass is 499 g/mol. The number of primary amides is 1. The van der Waals surface area contributed by atoms with Crippen LogP contribution in [0.15, 0.2) is 0 Å². The minimum atomic E-state index is -1.03. The zero-order valence-corrected chi connectivity index (χ0v) is 21.0. The Hall–Kier alpha value is -2.28. The SMILES string of the molecule is CC(OCCOCCOC(C)C(NC(=O)C1CCCN1C=O)C(N)=O)C(N)C(=O)N1CCCC1C. The highest BCUT2D eigenvalue weighted by Crippen LogP contribution is 2.18. The van der Waals surface area contributed by atoms with Crippen LogP contribution < -0.4 is 16.8 Å². The maximum atomic E-state index is 12.5. The first-order valence-electron chi connectivity index (χ1n) is 12.3. The number of carbonyl (C=O) groups is 4. The molecule has 2 aliphatic rings. The van der Waals surface area contributed by atoms with E-state index in [0.717, 1.165) is 25.8 Å². The summed E-state index contributed by atoms with van der Waals surface area (Å²) in [6, 6.07) is -2.14. The van der Waals surface area contributed by atoms with Gasteiger partial charge in [-0.15, -0.1) is 0 Å². The van der Waals surface area contributed by atoms with E-state index in [-0.39, 0.29) is 38.4 Å². The van der Waals surface area contributed by atoms with Gasteiger partial charge in [0.05, 0.1) is 38.6 Å². The van der Waals surface area contributed by atoms with E-state index in [2.05, 4.69) is 5.32 Å². The number of nitrogens with zero attached hydrogens (tertiary/aromatic N) is 2. The molecule has 2 heterocycles. The minimum absolute atomic E-state index is 0.0892. The Morgan fingerprint density at radius 2 is 1.66 bits per heavy atom. The predicted molar refractivity (Wildman–Crippen MR) is 127 cm³/mol. The third kappa shape index (κ3) is 8.41. The molecule has 12 heteroatoms. The van der Waals surface area contributed by atoms with Gasteiger partial charge >= 0.3 is 0 Å². The van der Waals surface area contributed by atoms with Gasteiger partial charge in [-0.05, 0) is 46.5 Å². The van der Waals surface area contributed by atoms with E-state index in [1.54, 1.807) is 13.8 Å². The maximum Gasteiger partial charge on any atom is 0.243 e. The quantitative estimate of drug-likeness (QED) is 0.185. The molecule has 6 unspecified atom stereocenters. The van der Waals surface area contributed by atoms with Gasteiger partial charge in [0, 0.05) is 19.1 Å². The molecule has 5 N–H and O–H groups in total. The molecule has 0 bridgehead atoms. The fourth-order valence-electron chi connectivity index (χ4n) is 4.41. The zero-order chi connectivity index (χ0) is 26.0. The lowest BCUT2D eigenvalue weighted by Gasteiger charge is -2.28. The van der Waals surface area contributed by atoms with Gasteiger partial charge in [-0.2, -0.15) is 0 Å². The first-order chi connectivity index (χ1) is 16.7. The van der Waals surface area contributed by atoms with Crippen molar-refractivity contribution < 1.29 is 33.4 Å². The van der Waals surface area contributed by atoms with Gasteiger partial charge in [-0.25, -0.2) is 0 Å². The predicted octanol–water partition coefficient (Wildman–Crippen LogP) is -1.26. The van der Waals surface area contributed by atoms with Crippen LogP contribution in [0.25, 0.3) is 0 Å². The summed E-state index contributed by atoms with van der Waals surface area (Å²) in [6.45, 7) is 7.62. The minimum Gasteiger partial charge on any atom is -0.377 e. The van der Waals surface area contributed by atoms with E-state index in [9.17, 15) is 19.2 Å². The fourth-order valence-corrected chi connectivity index (χ4v) is 4.41. The van der Waals surface area contributed by atoms with Crippen LogP contribution in [0.1, 0.15) is 46.5 Å². The highest BCUT2D eigenvalue weighted by molar-refractivity contribution is 5.90. The van der Waals surface area contributed by atoms with Crippen LogP contribution in [0.5, 0.6) is 0 Å². The van der Waals surface area contributed by atoms with Crippen molar-refractivity contribution in [2.45, 2.75) is 82.8 Å². The lowest BCUT2D eigenvalue weighted by molar-refractivity contribution is -0.137. The number of hydrogen-bond acceptors (Lipinski definition) is 8. The molecule has 0 aromatic heterocycles. The van der Waals surface area contributed by atoms with Gasteiger partial charge < -0.3 is 40.8 Å². The molecular formula is C23H41N5O7. The Labute approximate surface area is 206 Å². The lowest BCUT2D eigenvalue weighted by Crippen LogP contribution is -2.55. The number of rotatable bonds is 15. The van der Waals surface area contributed by atoms with Crippen molar-refractivity contribution in [1.29, 1.82) is 0 Å². The smallest absolute Gasteiger partial charge is 0.243 e. The number of amides is 4. The molecule has 2 rings (SSSR count). The molecule has 4 amide bonds. The Morgan fingerprint density at radius 3 is 2.23 bits per heavy atom. The van der Waals surface area contributed by atoms with E-state index in [1.165, 1.54) is 4.90 Å². The second kappa shape index (κ2) is 14.3. The van der Waals surface area contributed by atoms with E-state index < -0.39 is 42.1 Å². The van der Waals surface area contributed by atoms with Crippen LogP contribution in [0, 0.1) is 0 Å². The summed E-state index contributed by atoms with van der Waals surface area (Å²) < 4.78 is 16.8. The first-order valence-corrected chi connectivity index (χ1v) is 12.3. The topological polar surface area (TPSA) is 167 Å². The maximum absolute atomic E-state index is 12.5. The summed E-state index contributed by atoms with van der Waals surface area (Å²) in [5, 5.41) is 2.60. The Balaban J connectivity index is 1.62. The normalized spacial score (nSPS) is 23.5. The zero-order valence-electron chi connectivity index (χ0n) is 21.0. The van der Waals surface area contributed by atoms with Gasteiger partial charge in [0.1, 0.15) is 18.1 Å². The van der Waals surface area contributed by atoms with Crippen LogP contribution >= 0.6 is 0 Å². The molecule has 0 aliphatic carbocycles. The standard InChI is InChI=1S/C23H41N5O7/c1-15-6-4-9-28(15)23(32)19(24)16(2)34-12-10-33-11-13-35-17(3)20(21(25)30)26-22(31)18-7-5-8-27(18)14-29/h14-20H,4-13,24H2,1-3H3,(H2,25,30)(H,26,31). The second-order valence-corrected chi connectivity index (χ2v) is 9.20. The number of hydrogen-bond donors (Lipinski definition) is 3. The summed E-state index contributed by atoms with van der Waals surface area (Å²) in [7, 11) is 0. The molecule has 0 saturated carbocycles. The molecule has 0 aromatic rings. The van der Waals surface area contributed by atoms with Crippen LogP contribution in [0.4, 0.5) is 0 Å². The van der Waals surface area contributed by atoms with Crippen LogP contribution in [-0.4, -0.2) is 110 Å². The molecule has 0 spiro atoms. The molecule has 2 saturated heterocycles. The van der Waals surface area contributed by atoms with Gasteiger partial charge in [0.15, 0.2) is 0 Å².